The molecule has 7 heteroatoms. The van der Waals surface area contributed by atoms with E-state index in [1.54, 1.807) is 13.0 Å². The Morgan fingerprint density at radius 1 is 1.14 bits per heavy atom. The molecule has 0 saturated heterocycles. The number of aromatic nitrogens is 2. The van der Waals surface area contributed by atoms with Gasteiger partial charge in [-0.1, -0.05) is 55.4 Å². The van der Waals surface area contributed by atoms with Gasteiger partial charge in [0.05, 0.1) is 16.5 Å². The number of anilines is 1. The van der Waals surface area contributed by atoms with Crippen molar-refractivity contribution in [2.75, 3.05) is 5.32 Å². The molecule has 0 fully saturated rings. The summed E-state index contributed by atoms with van der Waals surface area (Å²) in [7, 11) is 0. The fourth-order valence-electron chi connectivity index (χ4n) is 2.57. The third-order valence-electron chi connectivity index (χ3n) is 4.33. The summed E-state index contributed by atoms with van der Waals surface area (Å²) in [5.41, 5.74) is 4.43. The van der Waals surface area contributed by atoms with Gasteiger partial charge in [-0.25, -0.2) is 9.97 Å². The largest absolute Gasteiger partial charge is 0.301 e. The lowest BCUT2D eigenvalue weighted by atomic mass is 10.1. The molecule has 0 aliphatic carbocycles. The zero-order chi connectivity index (χ0) is 21.0. The summed E-state index contributed by atoms with van der Waals surface area (Å²) >= 11 is 2.68. The van der Waals surface area contributed by atoms with E-state index in [2.05, 4.69) is 21.4 Å². The number of thiazole rings is 1. The second-order valence-electron chi connectivity index (χ2n) is 7.01. The van der Waals surface area contributed by atoms with Crippen LogP contribution in [0, 0.1) is 18.3 Å². The lowest BCUT2D eigenvalue weighted by Gasteiger charge is -2.13. The highest BCUT2D eigenvalue weighted by Crippen LogP contribution is 2.29. The quantitative estimate of drug-likeness (QED) is 0.521. The van der Waals surface area contributed by atoms with Gasteiger partial charge in [0.1, 0.15) is 11.1 Å². The van der Waals surface area contributed by atoms with E-state index in [4.69, 9.17) is 0 Å². The first-order chi connectivity index (χ1) is 13.9. The van der Waals surface area contributed by atoms with Crippen LogP contribution in [0.2, 0.25) is 0 Å². The number of benzene rings is 1. The van der Waals surface area contributed by atoms with Crippen molar-refractivity contribution in [1.29, 1.82) is 5.26 Å². The molecule has 0 aliphatic rings. The van der Waals surface area contributed by atoms with Crippen molar-refractivity contribution in [1.82, 2.24) is 9.97 Å². The Morgan fingerprint density at radius 3 is 2.52 bits per heavy atom. The molecule has 3 rings (SSSR count). The Morgan fingerprint density at radius 2 is 1.86 bits per heavy atom. The van der Waals surface area contributed by atoms with Gasteiger partial charge in [-0.2, -0.15) is 5.26 Å². The maximum Gasteiger partial charge on any atom is 0.239 e. The molecule has 0 radical (unpaired) electrons. The van der Waals surface area contributed by atoms with Gasteiger partial charge in [-0.15, -0.1) is 11.3 Å². The number of hydrogen-bond acceptors (Lipinski definition) is 6. The number of amides is 1. The third-order valence-corrected chi connectivity index (χ3v) is 6.19. The van der Waals surface area contributed by atoms with Crippen LogP contribution in [0.15, 0.2) is 46.8 Å². The van der Waals surface area contributed by atoms with E-state index in [9.17, 15) is 10.1 Å². The van der Waals surface area contributed by atoms with Crippen molar-refractivity contribution in [3.63, 3.8) is 0 Å². The molecule has 0 bridgehead atoms. The van der Waals surface area contributed by atoms with E-state index in [-0.39, 0.29) is 11.8 Å². The fourth-order valence-corrected chi connectivity index (χ4v) is 4.19. The fraction of sp³-hybridized carbons (Fsp3) is 0.273. The molecule has 3 aromatic rings. The van der Waals surface area contributed by atoms with Crippen LogP contribution in [0.1, 0.15) is 43.5 Å². The molecule has 1 N–H and O–H groups in total. The van der Waals surface area contributed by atoms with Crippen LogP contribution in [-0.2, 0) is 4.79 Å². The highest BCUT2D eigenvalue weighted by molar-refractivity contribution is 8.00. The van der Waals surface area contributed by atoms with Crippen molar-refractivity contribution in [3.05, 3.63) is 58.6 Å². The number of nitrogens with one attached hydrogen (secondary N) is 1. The minimum absolute atomic E-state index is 0.166. The van der Waals surface area contributed by atoms with Crippen LogP contribution >= 0.6 is 23.1 Å². The highest BCUT2D eigenvalue weighted by Gasteiger charge is 2.19. The molecular weight excluding hydrogens is 400 g/mol. The number of carbonyl (C=O) groups excluding carboxylic acids is 1. The molecule has 1 unspecified atom stereocenters. The lowest BCUT2D eigenvalue weighted by molar-refractivity contribution is -0.115. The van der Waals surface area contributed by atoms with Gasteiger partial charge < -0.3 is 5.32 Å². The first kappa shape index (κ1) is 21.0. The van der Waals surface area contributed by atoms with Crippen molar-refractivity contribution in [2.45, 2.75) is 43.9 Å². The van der Waals surface area contributed by atoms with E-state index in [1.165, 1.54) is 28.7 Å². The Balaban J connectivity index is 1.69. The predicted molar refractivity (Wildman–Crippen MR) is 119 cm³/mol. The second kappa shape index (κ2) is 9.21. The van der Waals surface area contributed by atoms with Crippen molar-refractivity contribution < 1.29 is 4.79 Å². The van der Waals surface area contributed by atoms with Crippen molar-refractivity contribution >= 4 is 34.1 Å². The Kier molecular flexibility index (Phi) is 6.68. The van der Waals surface area contributed by atoms with Gasteiger partial charge in [-0.05, 0) is 31.9 Å². The van der Waals surface area contributed by atoms with E-state index in [0.29, 0.717) is 15.7 Å². The molecular formula is C22H22N4OS2. The number of pyridine rings is 1. The van der Waals surface area contributed by atoms with Crippen LogP contribution in [0.5, 0.6) is 0 Å². The summed E-state index contributed by atoms with van der Waals surface area (Å²) < 4.78 is 0. The third kappa shape index (κ3) is 5.22. The summed E-state index contributed by atoms with van der Waals surface area (Å²) in [5.74, 6) is 0.0854. The van der Waals surface area contributed by atoms with Gasteiger partial charge in [0.25, 0.3) is 0 Å². The maximum atomic E-state index is 12.6. The minimum Gasteiger partial charge on any atom is -0.301 e. The lowest BCUT2D eigenvalue weighted by Crippen LogP contribution is -2.22. The summed E-state index contributed by atoms with van der Waals surface area (Å²) in [6.45, 7) is 7.94. The maximum absolute atomic E-state index is 12.6. The monoisotopic (exact) mass is 422 g/mol. The smallest absolute Gasteiger partial charge is 0.239 e. The van der Waals surface area contributed by atoms with E-state index in [1.807, 2.05) is 56.5 Å². The molecule has 1 amide bonds. The van der Waals surface area contributed by atoms with Crippen LogP contribution in [0.4, 0.5) is 5.13 Å². The normalized spacial score (nSPS) is 11.9. The number of thioether (sulfide) groups is 1. The zero-order valence-electron chi connectivity index (χ0n) is 16.8. The van der Waals surface area contributed by atoms with Crippen LogP contribution < -0.4 is 5.32 Å². The molecule has 29 heavy (non-hydrogen) atoms. The van der Waals surface area contributed by atoms with Gasteiger partial charge in [0.15, 0.2) is 5.13 Å². The summed E-state index contributed by atoms with van der Waals surface area (Å²) in [6.07, 6.45) is 0. The number of rotatable bonds is 6. The SMILES string of the molecule is Cc1ccc(-c2csc(NC(=O)C(C)Sc3nc(C(C)C)ccc3C#N)n2)cc1. The molecule has 1 aromatic carbocycles. The Hall–Kier alpha value is -2.69. The Bertz CT molecular complexity index is 1050. The molecule has 0 aliphatic heterocycles. The number of aryl methyl sites for hydroxylation is 1. The van der Waals surface area contributed by atoms with Gasteiger partial charge in [-0.3, -0.25) is 4.79 Å². The second-order valence-corrected chi connectivity index (χ2v) is 9.20. The van der Waals surface area contributed by atoms with Gasteiger partial charge in [0, 0.05) is 16.6 Å². The van der Waals surface area contributed by atoms with Gasteiger partial charge in [0.2, 0.25) is 5.91 Å². The predicted octanol–water partition coefficient (Wildman–Crippen LogP) is 5.63. The molecule has 2 aromatic heterocycles. The van der Waals surface area contributed by atoms with Crippen LogP contribution in [0.25, 0.3) is 11.3 Å². The summed E-state index contributed by atoms with van der Waals surface area (Å²) in [5, 5.41) is 14.9. The standard InChI is InChI=1S/C22H22N4OS2/c1-13(2)18-10-9-17(11-23)21(24-18)29-15(4)20(27)26-22-25-19(12-28-22)16-7-5-14(3)6-8-16/h5-10,12-13,15H,1-4H3,(H,25,26,27). The number of hydrogen-bond donors (Lipinski definition) is 1. The highest BCUT2D eigenvalue weighted by atomic mass is 32.2. The molecule has 0 spiro atoms. The average Bonchev–Trinajstić information content (AvgIpc) is 3.16. The minimum atomic E-state index is -0.413. The summed E-state index contributed by atoms with van der Waals surface area (Å²) in [4.78, 5) is 21.7. The van der Waals surface area contributed by atoms with Crippen LogP contribution in [0.3, 0.4) is 0 Å². The zero-order valence-corrected chi connectivity index (χ0v) is 18.4. The van der Waals surface area contributed by atoms with Crippen LogP contribution in [-0.4, -0.2) is 21.1 Å². The summed E-state index contributed by atoms with van der Waals surface area (Å²) in [6, 6.07) is 13.9. The molecule has 5 nitrogen and oxygen atoms in total. The van der Waals surface area contributed by atoms with Crippen molar-refractivity contribution in [2.24, 2.45) is 0 Å². The first-order valence-corrected chi connectivity index (χ1v) is 11.0. The number of carbonyl (C=O) groups is 1. The van der Waals surface area contributed by atoms with E-state index >= 15 is 0 Å². The molecule has 2 heterocycles. The first-order valence-electron chi connectivity index (χ1n) is 9.28. The Labute approximate surface area is 179 Å². The topological polar surface area (TPSA) is 78.7 Å². The van der Waals surface area contributed by atoms with E-state index < -0.39 is 5.25 Å². The number of nitriles is 1. The van der Waals surface area contributed by atoms with E-state index in [0.717, 1.165) is 17.0 Å². The average molecular weight is 423 g/mol. The molecule has 0 saturated carbocycles. The molecule has 1 atom stereocenters. The molecule has 148 valence electrons. The van der Waals surface area contributed by atoms with Crippen molar-refractivity contribution in [3.8, 4) is 17.3 Å². The van der Waals surface area contributed by atoms with Gasteiger partial charge >= 0.3 is 0 Å². The number of nitrogens with zero attached hydrogens (tertiary/aromatic N) is 3.